The molecule has 0 aromatic carbocycles. The lowest BCUT2D eigenvalue weighted by molar-refractivity contribution is 0.648. The summed E-state index contributed by atoms with van der Waals surface area (Å²) in [4.78, 5) is 19.5. The highest BCUT2D eigenvalue weighted by Gasteiger charge is 2.25. The van der Waals surface area contributed by atoms with E-state index in [-0.39, 0.29) is 6.04 Å². The van der Waals surface area contributed by atoms with E-state index in [0.717, 1.165) is 42.7 Å². The third kappa shape index (κ3) is 4.65. The fraction of sp³-hybridized carbons (Fsp3) is 0.300. The molecule has 9 heteroatoms. The quantitative estimate of drug-likeness (QED) is 0.496. The first-order valence-corrected chi connectivity index (χ1v) is 9.86. The summed E-state index contributed by atoms with van der Waals surface area (Å²) in [6.07, 6.45) is 9.96. The van der Waals surface area contributed by atoms with E-state index in [9.17, 15) is 0 Å². The maximum absolute atomic E-state index is 6.27. The number of hydrogen-bond acceptors (Lipinski definition) is 5. The standard InChI is InChI=1S/C20H23ClN8/c1-22-20(26-12-15-4-5-18(25-11-15)29-10-8-23-14-29)27-16-6-9-28(13-16)19-17(21)3-2-7-24-19/h2-5,7-8,10-11,14,16H,6,9,12-13H2,1H3,(H2,22,26,27). The summed E-state index contributed by atoms with van der Waals surface area (Å²) in [6.45, 7) is 2.38. The minimum absolute atomic E-state index is 0.279. The summed E-state index contributed by atoms with van der Waals surface area (Å²) >= 11 is 6.27. The van der Waals surface area contributed by atoms with Gasteiger partial charge in [-0.2, -0.15) is 0 Å². The van der Waals surface area contributed by atoms with Crippen LogP contribution >= 0.6 is 11.6 Å². The van der Waals surface area contributed by atoms with Gasteiger partial charge in [-0.15, -0.1) is 0 Å². The molecule has 29 heavy (non-hydrogen) atoms. The van der Waals surface area contributed by atoms with Gasteiger partial charge >= 0.3 is 0 Å². The Morgan fingerprint density at radius 3 is 2.93 bits per heavy atom. The smallest absolute Gasteiger partial charge is 0.191 e. The van der Waals surface area contributed by atoms with Gasteiger partial charge in [0.05, 0.1) is 5.02 Å². The summed E-state index contributed by atoms with van der Waals surface area (Å²) in [7, 11) is 1.78. The molecule has 1 unspecified atom stereocenters. The third-order valence-electron chi connectivity index (χ3n) is 4.83. The van der Waals surface area contributed by atoms with E-state index in [0.29, 0.717) is 11.6 Å². The van der Waals surface area contributed by atoms with E-state index in [1.54, 1.807) is 25.8 Å². The van der Waals surface area contributed by atoms with Crippen molar-refractivity contribution in [3.63, 3.8) is 0 Å². The van der Waals surface area contributed by atoms with E-state index in [1.807, 2.05) is 41.2 Å². The molecule has 3 aromatic rings. The van der Waals surface area contributed by atoms with Gasteiger partial charge in [-0.1, -0.05) is 17.7 Å². The highest BCUT2D eigenvalue weighted by atomic mass is 35.5. The van der Waals surface area contributed by atoms with E-state index >= 15 is 0 Å². The molecule has 1 atom stereocenters. The predicted octanol–water partition coefficient (Wildman–Crippen LogP) is 2.26. The zero-order valence-corrected chi connectivity index (χ0v) is 16.9. The minimum atomic E-state index is 0.279. The number of nitrogens with one attached hydrogen (secondary N) is 2. The average molecular weight is 411 g/mol. The molecule has 1 saturated heterocycles. The highest BCUT2D eigenvalue weighted by Crippen LogP contribution is 2.25. The number of nitrogens with zero attached hydrogens (tertiary/aromatic N) is 6. The number of hydrogen-bond donors (Lipinski definition) is 2. The topological polar surface area (TPSA) is 83.3 Å². The lowest BCUT2D eigenvalue weighted by Gasteiger charge is -2.20. The highest BCUT2D eigenvalue weighted by molar-refractivity contribution is 6.32. The van der Waals surface area contributed by atoms with Crippen LogP contribution in [0.5, 0.6) is 0 Å². The molecule has 0 bridgehead atoms. The van der Waals surface area contributed by atoms with Gasteiger partial charge in [-0.05, 0) is 30.2 Å². The molecule has 0 saturated carbocycles. The minimum Gasteiger partial charge on any atom is -0.353 e. The average Bonchev–Trinajstić information content (AvgIpc) is 3.44. The molecule has 3 aromatic heterocycles. The Balaban J connectivity index is 1.29. The maximum atomic E-state index is 6.27. The number of rotatable bonds is 5. The van der Waals surface area contributed by atoms with Gasteiger partial charge in [0.25, 0.3) is 0 Å². The summed E-state index contributed by atoms with van der Waals surface area (Å²) in [5, 5.41) is 7.52. The molecular weight excluding hydrogens is 388 g/mol. The second-order valence-corrected chi connectivity index (χ2v) is 7.21. The Labute approximate surface area is 174 Å². The van der Waals surface area contributed by atoms with Gasteiger partial charge < -0.3 is 15.5 Å². The molecule has 4 rings (SSSR count). The van der Waals surface area contributed by atoms with Crippen molar-refractivity contribution in [2.75, 3.05) is 25.0 Å². The van der Waals surface area contributed by atoms with Crippen molar-refractivity contribution in [1.82, 2.24) is 30.2 Å². The van der Waals surface area contributed by atoms with Gasteiger partial charge in [-0.25, -0.2) is 15.0 Å². The van der Waals surface area contributed by atoms with Gasteiger partial charge in [-0.3, -0.25) is 9.56 Å². The summed E-state index contributed by atoms with van der Waals surface area (Å²) in [5.41, 5.74) is 1.07. The number of anilines is 1. The molecule has 0 aliphatic carbocycles. The van der Waals surface area contributed by atoms with Crippen molar-refractivity contribution in [2.45, 2.75) is 19.0 Å². The van der Waals surface area contributed by atoms with E-state index in [4.69, 9.17) is 11.6 Å². The van der Waals surface area contributed by atoms with Crippen molar-refractivity contribution in [1.29, 1.82) is 0 Å². The number of aliphatic imine (C=N–C) groups is 1. The molecule has 2 N–H and O–H groups in total. The van der Waals surface area contributed by atoms with Crippen LogP contribution in [0.3, 0.4) is 0 Å². The number of aromatic nitrogens is 4. The van der Waals surface area contributed by atoms with Gasteiger partial charge in [0.1, 0.15) is 18.0 Å². The Bertz CT molecular complexity index is 955. The van der Waals surface area contributed by atoms with E-state index in [1.165, 1.54) is 0 Å². The molecule has 0 amide bonds. The van der Waals surface area contributed by atoms with Crippen molar-refractivity contribution in [3.8, 4) is 5.82 Å². The van der Waals surface area contributed by atoms with Crippen LogP contribution in [0.25, 0.3) is 5.82 Å². The largest absolute Gasteiger partial charge is 0.353 e. The SMILES string of the molecule is CN=C(NCc1ccc(-n2ccnc2)nc1)NC1CCN(c2ncccc2Cl)C1. The van der Waals surface area contributed by atoms with Crippen LogP contribution in [0.4, 0.5) is 5.82 Å². The molecule has 1 fully saturated rings. The van der Waals surface area contributed by atoms with Crippen LogP contribution in [0.15, 0.2) is 60.4 Å². The van der Waals surface area contributed by atoms with Crippen molar-refractivity contribution in [3.05, 3.63) is 66.0 Å². The van der Waals surface area contributed by atoms with Crippen LogP contribution in [-0.4, -0.2) is 51.7 Å². The lowest BCUT2D eigenvalue weighted by Crippen LogP contribution is -2.44. The fourth-order valence-corrected chi connectivity index (χ4v) is 3.56. The van der Waals surface area contributed by atoms with Gasteiger partial charge in [0, 0.05) is 57.5 Å². The monoisotopic (exact) mass is 410 g/mol. The first-order valence-electron chi connectivity index (χ1n) is 9.49. The predicted molar refractivity (Wildman–Crippen MR) is 115 cm³/mol. The zero-order chi connectivity index (χ0) is 20.1. The second-order valence-electron chi connectivity index (χ2n) is 6.81. The van der Waals surface area contributed by atoms with Crippen molar-refractivity contribution >= 4 is 23.4 Å². The number of halogens is 1. The molecular formula is C20H23ClN8. The number of imidazole rings is 1. The second kappa shape index (κ2) is 8.91. The summed E-state index contributed by atoms with van der Waals surface area (Å²) in [6, 6.07) is 8.02. The van der Waals surface area contributed by atoms with Crippen molar-refractivity contribution in [2.24, 2.45) is 4.99 Å². The lowest BCUT2D eigenvalue weighted by atomic mass is 10.2. The first kappa shape index (κ1) is 19.2. The van der Waals surface area contributed by atoms with E-state index in [2.05, 4.69) is 35.5 Å². The van der Waals surface area contributed by atoms with Crippen LogP contribution < -0.4 is 15.5 Å². The molecule has 1 aliphatic heterocycles. The molecule has 8 nitrogen and oxygen atoms in total. The van der Waals surface area contributed by atoms with Gasteiger partial charge in [0.15, 0.2) is 5.96 Å². The third-order valence-corrected chi connectivity index (χ3v) is 5.12. The fourth-order valence-electron chi connectivity index (χ4n) is 3.32. The van der Waals surface area contributed by atoms with Crippen LogP contribution in [-0.2, 0) is 6.54 Å². The summed E-state index contributed by atoms with van der Waals surface area (Å²) < 4.78 is 1.87. The first-order chi connectivity index (χ1) is 14.2. The number of guanidine groups is 1. The van der Waals surface area contributed by atoms with Gasteiger partial charge in [0.2, 0.25) is 0 Å². The molecule has 0 spiro atoms. The Kier molecular flexibility index (Phi) is 5.90. The Morgan fingerprint density at radius 2 is 2.21 bits per heavy atom. The van der Waals surface area contributed by atoms with E-state index < -0.39 is 0 Å². The molecule has 1 aliphatic rings. The van der Waals surface area contributed by atoms with Crippen LogP contribution in [0, 0.1) is 0 Å². The van der Waals surface area contributed by atoms with Crippen LogP contribution in [0.1, 0.15) is 12.0 Å². The number of pyridine rings is 2. The molecule has 0 radical (unpaired) electrons. The van der Waals surface area contributed by atoms with Crippen molar-refractivity contribution < 1.29 is 0 Å². The van der Waals surface area contributed by atoms with Crippen LogP contribution in [0.2, 0.25) is 5.02 Å². The Hall–Kier alpha value is -3.13. The summed E-state index contributed by atoms with van der Waals surface area (Å²) in [5.74, 6) is 2.45. The zero-order valence-electron chi connectivity index (χ0n) is 16.2. The Morgan fingerprint density at radius 1 is 1.28 bits per heavy atom. The maximum Gasteiger partial charge on any atom is 0.191 e. The normalized spacial score (nSPS) is 16.8. The molecule has 4 heterocycles. The molecule has 150 valence electrons.